The van der Waals surface area contributed by atoms with Gasteiger partial charge in [0.25, 0.3) is 0 Å². The van der Waals surface area contributed by atoms with Gasteiger partial charge in [-0.25, -0.2) is 0 Å². The first-order valence-corrected chi connectivity index (χ1v) is 9.33. The van der Waals surface area contributed by atoms with Crippen LogP contribution in [0.25, 0.3) is 0 Å². The van der Waals surface area contributed by atoms with Crippen molar-refractivity contribution < 1.29 is 0 Å². The predicted molar refractivity (Wildman–Crippen MR) is 98.3 cm³/mol. The highest BCUT2D eigenvalue weighted by molar-refractivity contribution is 5.85. The summed E-state index contributed by atoms with van der Waals surface area (Å²) in [7, 11) is 0. The summed E-state index contributed by atoms with van der Waals surface area (Å²) < 4.78 is 0. The summed E-state index contributed by atoms with van der Waals surface area (Å²) in [6.45, 7) is 8.40. The van der Waals surface area contributed by atoms with Crippen molar-refractivity contribution in [2.24, 2.45) is 23.7 Å². The zero-order chi connectivity index (χ0) is 13.4. The number of halogens is 2. The molecule has 2 saturated carbocycles. The molecule has 2 heterocycles. The first-order chi connectivity index (χ1) is 9.88. The summed E-state index contributed by atoms with van der Waals surface area (Å²) >= 11 is 0. The standard InChI is InChI=1S/C18H32N2.2ClH/c1-2-6-16-12-19(11-15(16)5-1)9-10-20-13-17-7-3-4-8-18(17)14-20;;/h15-18H,1-14H2;2*1H. The molecule has 2 nitrogen and oxygen atoms in total. The number of rotatable bonds is 3. The fraction of sp³-hybridized carbons (Fsp3) is 1.00. The molecule has 0 N–H and O–H groups in total. The molecule has 0 aromatic carbocycles. The highest BCUT2D eigenvalue weighted by Gasteiger charge is 2.36. The van der Waals surface area contributed by atoms with Crippen molar-refractivity contribution in [3.05, 3.63) is 0 Å². The minimum Gasteiger partial charge on any atom is -0.301 e. The van der Waals surface area contributed by atoms with Crippen LogP contribution in [0.5, 0.6) is 0 Å². The van der Waals surface area contributed by atoms with Crippen LogP contribution in [-0.2, 0) is 0 Å². The largest absolute Gasteiger partial charge is 0.301 e. The molecule has 0 bridgehead atoms. The van der Waals surface area contributed by atoms with Gasteiger partial charge < -0.3 is 9.80 Å². The number of hydrogen-bond donors (Lipinski definition) is 0. The van der Waals surface area contributed by atoms with E-state index in [1.807, 2.05) is 0 Å². The van der Waals surface area contributed by atoms with Crippen LogP contribution in [0.2, 0.25) is 0 Å². The van der Waals surface area contributed by atoms with Crippen LogP contribution in [-0.4, -0.2) is 49.1 Å². The van der Waals surface area contributed by atoms with Crippen molar-refractivity contribution in [1.82, 2.24) is 9.80 Å². The molecule has 0 aromatic heterocycles. The minimum atomic E-state index is 0. The van der Waals surface area contributed by atoms with Gasteiger partial charge in [0.15, 0.2) is 0 Å². The van der Waals surface area contributed by atoms with Crippen LogP contribution >= 0.6 is 24.8 Å². The number of likely N-dealkylation sites (tertiary alicyclic amines) is 2. The molecule has 4 aliphatic rings. The molecule has 4 rings (SSSR count). The van der Waals surface area contributed by atoms with Gasteiger partial charge in [-0.05, 0) is 49.4 Å². The molecule has 22 heavy (non-hydrogen) atoms. The van der Waals surface area contributed by atoms with Crippen molar-refractivity contribution in [1.29, 1.82) is 0 Å². The summed E-state index contributed by atoms with van der Waals surface area (Å²) in [6.07, 6.45) is 12.1. The van der Waals surface area contributed by atoms with Crippen molar-refractivity contribution in [3.8, 4) is 0 Å². The Hall–Kier alpha value is 0.500. The van der Waals surface area contributed by atoms with Crippen LogP contribution < -0.4 is 0 Å². The van der Waals surface area contributed by atoms with E-state index in [0.29, 0.717) is 0 Å². The number of fused-ring (bicyclic) bond motifs is 2. The fourth-order valence-corrected chi connectivity index (χ4v) is 5.65. The van der Waals surface area contributed by atoms with Gasteiger partial charge in [-0.2, -0.15) is 0 Å². The van der Waals surface area contributed by atoms with E-state index < -0.39 is 0 Å². The van der Waals surface area contributed by atoms with Crippen molar-refractivity contribution in [3.63, 3.8) is 0 Å². The molecular weight excluding hydrogens is 315 g/mol. The SMILES string of the molecule is C1CCC2CN(CCN3CC4CCCCC4C3)CC2C1.Cl.Cl. The Morgan fingerprint density at radius 2 is 0.773 bits per heavy atom. The smallest absolute Gasteiger partial charge is 0.0110 e. The Kier molecular flexibility index (Phi) is 7.32. The Labute approximate surface area is 149 Å². The first-order valence-electron chi connectivity index (χ1n) is 9.33. The Balaban J connectivity index is 0.000000882. The van der Waals surface area contributed by atoms with Gasteiger partial charge in [-0.1, -0.05) is 25.7 Å². The molecule has 4 unspecified atom stereocenters. The summed E-state index contributed by atoms with van der Waals surface area (Å²) in [4.78, 5) is 5.59. The van der Waals surface area contributed by atoms with Crippen LogP contribution in [0.4, 0.5) is 0 Å². The van der Waals surface area contributed by atoms with E-state index in [0.717, 1.165) is 23.7 Å². The number of hydrogen-bond acceptors (Lipinski definition) is 2. The minimum absolute atomic E-state index is 0. The summed E-state index contributed by atoms with van der Waals surface area (Å²) in [5.41, 5.74) is 0. The summed E-state index contributed by atoms with van der Waals surface area (Å²) in [6, 6.07) is 0. The average Bonchev–Trinajstić information content (AvgIpc) is 3.07. The fourth-order valence-electron chi connectivity index (χ4n) is 5.65. The van der Waals surface area contributed by atoms with Gasteiger partial charge in [-0.3, -0.25) is 0 Å². The van der Waals surface area contributed by atoms with Crippen molar-refractivity contribution >= 4 is 24.8 Å². The molecule has 4 atom stereocenters. The highest BCUT2D eigenvalue weighted by Crippen LogP contribution is 2.37. The molecule has 4 heteroatoms. The molecule has 0 amide bonds. The van der Waals surface area contributed by atoms with Gasteiger partial charge in [0.1, 0.15) is 0 Å². The second-order valence-electron chi connectivity index (χ2n) is 8.13. The van der Waals surface area contributed by atoms with Gasteiger partial charge in [0.05, 0.1) is 0 Å². The Morgan fingerprint density at radius 1 is 0.500 bits per heavy atom. The van der Waals surface area contributed by atoms with Crippen LogP contribution in [0.1, 0.15) is 51.4 Å². The highest BCUT2D eigenvalue weighted by atomic mass is 35.5. The maximum atomic E-state index is 2.79. The lowest BCUT2D eigenvalue weighted by molar-refractivity contribution is 0.243. The molecule has 2 aliphatic heterocycles. The second-order valence-corrected chi connectivity index (χ2v) is 8.13. The Bertz CT molecular complexity index is 279. The molecule has 130 valence electrons. The van der Waals surface area contributed by atoms with E-state index >= 15 is 0 Å². The van der Waals surface area contributed by atoms with E-state index in [4.69, 9.17) is 0 Å². The van der Waals surface area contributed by atoms with Crippen molar-refractivity contribution in [2.45, 2.75) is 51.4 Å². The lowest BCUT2D eigenvalue weighted by Gasteiger charge is -2.23. The Morgan fingerprint density at radius 3 is 1.05 bits per heavy atom. The molecule has 0 aromatic rings. The maximum absolute atomic E-state index is 2.79. The first kappa shape index (κ1) is 18.8. The van der Waals surface area contributed by atoms with E-state index in [-0.39, 0.29) is 24.8 Å². The number of nitrogens with zero attached hydrogens (tertiary/aromatic N) is 2. The van der Waals surface area contributed by atoms with Gasteiger partial charge in [0.2, 0.25) is 0 Å². The van der Waals surface area contributed by atoms with E-state index in [2.05, 4.69) is 9.80 Å². The third kappa shape index (κ3) is 4.12. The summed E-state index contributed by atoms with van der Waals surface area (Å²) in [5.74, 6) is 4.24. The zero-order valence-corrected chi connectivity index (χ0v) is 15.6. The molecule has 0 spiro atoms. The second kappa shape index (κ2) is 8.55. The van der Waals surface area contributed by atoms with Crippen LogP contribution in [0.15, 0.2) is 0 Å². The van der Waals surface area contributed by atoms with E-state index in [1.165, 1.54) is 90.6 Å². The van der Waals surface area contributed by atoms with Gasteiger partial charge in [-0.15, -0.1) is 24.8 Å². The molecular formula is C18H34Cl2N2. The van der Waals surface area contributed by atoms with Gasteiger partial charge in [0, 0.05) is 39.3 Å². The third-order valence-electron chi connectivity index (χ3n) is 6.84. The molecule has 2 saturated heterocycles. The van der Waals surface area contributed by atoms with Crippen LogP contribution in [0, 0.1) is 23.7 Å². The van der Waals surface area contributed by atoms with E-state index in [9.17, 15) is 0 Å². The monoisotopic (exact) mass is 348 g/mol. The predicted octanol–water partition coefficient (Wildman–Crippen LogP) is 4.07. The molecule has 0 radical (unpaired) electrons. The lowest BCUT2D eigenvalue weighted by atomic mass is 9.82. The third-order valence-corrected chi connectivity index (χ3v) is 6.84. The molecule has 2 aliphatic carbocycles. The maximum Gasteiger partial charge on any atom is 0.0110 e. The van der Waals surface area contributed by atoms with Gasteiger partial charge >= 0.3 is 0 Å². The lowest BCUT2D eigenvalue weighted by Crippen LogP contribution is -2.33. The van der Waals surface area contributed by atoms with Crippen molar-refractivity contribution in [2.75, 3.05) is 39.3 Å². The molecule has 4 fully saturated rings. The quantitative estimate of drug-likeness (QED) is 0.758. The summed E-state index contributed by atoms with van der Waals surface area (Å²) in [5, 5.41) is 0. The zero-order valence-electron chi connectivity index (χ0n) is 13.9. The van der Waals surface area contributed by atoms with Crippen LogP contribution in [0.3, 0.4) is 0 Å². The normalized spacial score (nSPS) is 38.7. The topological polar surface area (TPSA) is 6.48 Å². The van der Waals surface area contributed by atoms with E-state index in [1.54, 1.807) is 0 Å². The average molecular weight is 349 g/mol.